The van der Waals surface area contributed by atoms with E-state index < -0.39 is 0 Å². The van der Waals surface area contributed by atoms with Crippen LogP contribution in [-0.4, -0.2) is 42.7 Å². The van der Waals surface area contributed by atoms with Gasteiger partial charge in [-0.15, -0.1) is 0 Å². The van der Waals surface area contributed by atoms with E-state index in [1.54, 1.807) is 25.6 Å². The first kappa shape index (κ1) is 17.2. The number of hydrogen-bond acceptors (Lipinski definition) is 4. The third-order valence-electron chi connectivity index (χ3n) is 4.45. The second kappa shape index (κ2) is 8.48. The molecule has 1 aromatic heterocycles. The van der Waals surface area contributed by atoms with E-state index in [1.807, 2.05) is 24.3 Å². The Hall–Kier alpha value is -2.60. The summed E-state index contributed by atoms with van der Waals surface area (Å²) in [6.45, 7) is 2.59. The Morgan fingerprint density at radius 1 is 1.24 bits per heavy atom. The third kappa shape index (κ3) is 4.48. The Bertz CT molecular complexity index is 687. The molecule has 0 spiro atoms. The highest BCUT2D eigenvalue weighted by Crippen LogP contribution is 2.31. The standard InChI is InChI=1S/C19H24N4O2/c1-25-18-9-3-2-8-16(18)17(23-11-4-5-12-23)14-21-19(24)22-15-7-6-10-20-13-15/h2-3,6-10,13,17H,4-5,11-12,14H2,1H3,(H2,21,22,24)/t17-/m1/s1. The molecular formula is C19H24N4O2. The largest absolute Gasteiger partial charge is 0.496 e. The molecule has 1 fully saturated rings. The second-order valence-electron chi connectivity index (χ2n) is 6.08. The van der Waals surface area contributed by atoms with Crippen LogP contribution in [0.5, 0.6) is 5.75 Å². The number of urea groups is 1. The van der Waals surface area contributed by atoms with Crippen LogP contribution in [-0.2, 0) is 0 Å². The number of likely N-dealkylation sites (tertiary alicyclic amines) is 1. The summed E-state index contributed by atoms with van der Waals surface area (Å²) in [5.41, 5.74) is 1.78. The maximum atomic E-state index is 12.2. The molecule has 0 bridgehead atoms. The van der Waals surface area contributed by atoms with E-state index >= 15 is 0 Å². The summed E-state index contributed by atoms with van der Waals surface area (Å²) < 4.78 is 5.53. The van der Waals surface area contributed by atoms with Gasteiger partial charge in [-0.3, -0.25) is 9.88 Å². The van der Waals surface area contributed by atoms with E-state index in [0.717, 1.165) is 24.4 Å². The number of anilines is 1. The molecule has 2 heterocycles. The van der Waals surface area contributed by atoms with Crippen molar-refractivity contribution >= 4 is 11.7 Å². The van der Waals surface area contributed by atoms with Gasteiger partial charge in [0.25, 0.3) is 0 Å². The molecule has 1 aliphatic rings. The lowest BCUT2D eigenvalue weighted by Crippen LogP contribution is -2.38. The fourth-order valence-corrected chi connectivity index (χ4v) is 3.23. The normalized spacial score (nSPS) is 15.6. The average Bonchev–Trinajstić information content (AvgIpc) is 3.17. The molecule has 6 heteroatoms. The lowest BCUT2D eigenvalue weighted by Gasteiger charge is -2.29. The second-order valence-corrected chi connectivity index (χ2v) is 6.08. The van der Waals surface area contributed by atoms with Crippen molar-refractivity contribution in [1.82, 2.24) is 15.2 Å². The molecule has 1 aliphatic heterocycles. The average molecular weight is 340 g/mol. The molecule has 25 heavy (non-hydrogen) atoms. The zero-order valence-electron chi connectivity index (χ0n) is 14.4. The SMILES string of the molecule is COc1ccccc1[C@@H](CNC(=O)Nc1cccnc1)N1CCCC1. The molecule has 1 saturated heterocycles. The van der Waals surface area contributed by atoms with Crippen LogP contribution in [0.2, 0.25) is 0 Å². The van der Waals surface area contributed by atoms with Gasteiger partial charge in [0.2, 0.25) is 0 Å². The minimum atomic E-state index is -0.230. The summed E-state index contributed by atoms with van der Waals surface area (Å²) >= 11 is 0. The fraction of sp³-hybridized carbons (Fsp3) is 0.368. The Morgan fingerprint density at radius 2 is 2.04 bits per heavy atom. The molecule has 6 nitrogen and oxygen atoms in total. The number of rotatable bonds is 6. The minimum absolute atomic E-state index is 0.0956. The Balaban J connectivity index is 1.69. The number of hydrogen-bond donors (Lipinski definition) is 2. The number of para-hydroxylation sites is 1. The number of pyridine rings is 1. The number of carbonyl (C=O) groups excluding carboxylic acids is 1. The first-order valence-corrected chi connectivity index (χ1v) is 8.60. The number of carbonyl (C=O) groups is 1. The van der Waals surface area contributed by atoms with E-state index in [1.165, 1.54) is 12.8 Å². The van der Waals surface area contributed by atoms with Crippen molar-refractivity contribution < 1.29 is 9.53 Å². The highest BCUT2D eigenvalue weighted by atomic mass is 16.5. The molecule has 132 valence electrons. The Kier molecular flexibility index (Phi) is 5.85. The van der Waals surface area contributed by atoms with Gasteiger partial charge in [-0.25, -0.2) is 4.79 Å². The van der Waals surface area contributed by atoms with Gasteiger partial charge in [-0.1, -0.05) is 18.2 Å². The molecule has 2 N–H and O–H groups in total. The quantitative estimate of drug-likeness (QED) is 0.848. The zero-order valence-corrected chi connectivity index (χ0v) is 14.4. The van der Waals surface area contributed by atoms with Gasteiger partial charge >= 0.3 is 6.03 Å². The van der Waals surface area contributed by atoms with Crippen molar-refractivity contribution in [1.29, 1.82) is 0 Å². The van der Waals surface area contributed by atoms with Crippen LogP contribution < -0.4 is 15.4 Å². The van der Waals surface area contributed by atoms with Crippen LogP contribution in [0.4, 0.5) is 10.5 Å². The summed E-state index contributed by atoms with van der Waals surface area (Å²) in [5.74, 6) is 0.855. The molecule has 0 aliphatic carbocycles. The number of methoxy groups -OCH3 is 1. The molecule has 0 radical (unpaired) electrons. The van der Waals surface area contributed by atoms with Crippen molar-refractivity contribution in [3.05, 3.63) is 54.4 Å². The first-order chi connectivity index (χ1) is 12.3. The van der Waals surface area contributed by atoms with Gasteiger partial charge in [0.15, 0.2) is 0 Å². The Morgan fingerprint density at radius 3 is 2.76 bits per heavy atom. The van der Waals surface area contributed by atoms with Gasteiger partial charge in [0.1, 0.15) is 5.75 Å². The lowest BCUT2D eigenvalue weighted by molar-refractivity contribution is 0.224. The molecule has 1 atom stereocenters. The summed E-state index contributed by atoms with van der Waals surface area (Å²) in [5, 5.41) is 5.79. The molecule has 2 amide bonds. The zero-order chi connectivity index (χ0) is 17.5. The van der Waals surface area contributed by atoms with E-state index in [9.17, 15) is 4.79 Å². The van der Waals surface area contributed by atoms with Gasteiger partial charge < -0.3 is 15.4 Å². The molecule has 2 aromatic rings. The van der Waals surface area contributed by atoms with Gasteiger partial charge in [-0.2, -0.15) is 0 Å². The maximum absolute atomic E-state index is 12.2. The van der Waals surface area contributed by atoms with Crippen molar-refractivity contribution in [2.45, 2.75) is 18.9 Å². The molecular weight excluding hydrogens is 316 g/mol. The lowest BCUT2D eigenvalue weighted by atomic mass is 10.0. The summed E-state index contributed by atoms with van der Waals surface area (Å²) in [7, 11) is 1.68. The predicted molar refractivity (Wildman–Crippen MR) is 97.8 cm³/mol. The molecule has 0 saturated carbocycles. The van der Waals surface area contributed by atoms with E-state index in [-0.39, 0.29) is 12.1 Å². The molecule has 3 rings (SSSR count). The van der Waals surface area contributed by atoms with Crippen LogP contribution >= 0.6 is 0 Å². The number of amides is 2. The summed E-state index contributed by atoms with van der Waals surface area (Å²) in [6.07, 6.45) is 5.67. The van der Waals surface area contributed by atoms with Crippen molar-refractivity contribution in [2.24, 2.45) is 0 Å². The van der Waals surface area contributed by atoms with Gasteiger partial charge in [0, 0.05) is 18.3 Å². The van der Waals surface area contributed by atoms with Crippen LogP contribution in [0.15, 0.2) is 48.8 Å². The third-order valence-corrected chi connectivity index (χ3v) is 4.45. The van der Waals surface area contributed by atoms with Crippen molar-refractivity contribution in [3.8, 4) is 5.75 Å². The number of aromatic nitrogens is 1. The highest BCUT2D eigenvalue weighted by molar-refractivity contribution is 5.88. The number of benzene rings is 1. The van der Waals surface area contributed by atoms with E-state index in [4.69, 9.17) is 4.74 Å². The highest BCUT2D eigenvalue weighted by Gasteiger charge is 2.26. The van der Waals surface area contributed by atoms with Crippen LogP contribution in [0.25, 0.3) is 0 Å². The predicted octanol–water partition coefficient (Wildman–Crippen LogP) is 3.05. The van der Waals surface area contributed by atoms with Crippen molar-refractivity contribution in [2.75, 3.05) is 32.1 Å². The van der Waals surface area contributed by atoms with Crippen LogP contribution in [0.3, 0.4) is 0 Å². The van der Waals surface area contributed by atoms with Crippen LogP contribution in [0, 0.1) is 0 Å². The van der Waals surface area contributed by atoms with Crippen molar-refractivity contribution in [3.63, 3.8) is 0 Å². The smallest absolute Gasteiger partial charge is 0.319 e. The summed E-state index contributed by atoms with van der Waals surface area (Å²) in [6, 6.07) is 11.5. The molecule has 1 aromatic carbocycles. The van der Waals surface area contributed by atoms with E-state index in [2.05, 4.69) is 26.6 Å². The first-order valence-electron chi connectivity index (χ1n) is 8.60. The van der Waals surface area contributed by atoms with Gasteiger partial charge in [-0.05, 0) is 44.1 Å². The van der Waals surface area contributed by atoms with Gasteiger partial charge in [0.05, 0.1) is 25.0 Å². The monoisotopic (exact) mass is 340 g/mol. The summed E-state index contributed by atoms with van der Waals surface area (Å²) in [4.78, 5) is 18.6. The van der Waals surface area contributed by atoms with E-state index in [0.29, 0.717) is 12.2 Å². The Labute approximate surface area is 148 Å². The topological polar surface area (TPSA) is 66.5 Å². The minimum Gasteiger partial charge on any atom is -0.496 e. The fourth-order valence-electron chi connectivity index (χ4n) is 3.23. The number of nitrogens with one attached hydrogen (secondary N) is 2. The maximum Gasteiger partial charge on any atom is 0.319 e. The van der Waals surface area contributed by atoms with Crippen LogP contribution in [0.1, 0.15) is 24.4 Å². The molecule has 0 unspecified atom stereocenters. The number of nitrogens with zero attached hydrogens (tertiary/aromatic N) is 2. The number of ether oxygens (including phenoxy) is 1.